The lowest BCUT2D eigenvalue weighted by Crippen LogP contribution is -2.31. The lowest BCUT2D eigenvalue weighted by atomic mass is 10.2. The second kappa shape index (κ2) is 6.93. The standard InChI is InChI=1S/C17H11Cl3N2O2/c18-11-7-4-8-12(13(11)19)22-16(23)14(20)15(17(22)24)21-9-10-5-2-1-3-6-10/h1-8,14H,9H2. The highest BCUT2D eigenvalue weighted by Crippen LogP contribution is 2.35. The van der Waals surface area contributed by atoms with Gasteiger partial charge in [-0.2, -0.15) is 0 Å². The molecule has 0 radical (unpaired) electrons. The topological polar surface area (TPSA) is 49.7 Å². The average molecular weight is 382 g/mol. The number of aliphatic imine (C=N–C) groups is 1. The summed E-state index contributed by atoms with van der Waals surface area (Å²) in [4.78, 5) is 30.1. The summed E-state index contributed by atoms with van der Waals surface area (Å²) < 4.78 is 0. The van der Waals surface area contributed by atoms with Gasteiger partial charge in [0, 0.05) is 0 Å². The molecule has 1 unspecified atom stereocenters. The van der Waals surface area contributed by atoms with Crippen LogP contribution >= 0.6 is 34.8 Å². The predicted octanol–water partition coefficient (Wildman–Crippen LogP) is 4.12. The highest BCUT2D eigenvalue weighted by Gasteiger charge is 2.45. The van der Waals surface area contributed by atoms with Crippen LogP contribution in [0.25, 0.3) is 0 Å². The molecule has 7 heteroatoms. The molecule has 0 aliphatic carbocycles. The molecule has 4 nitrogen and oxygen atoms in total. The van der Waals surface area contributed by atoms with Gasteiger partial charge in [0.25, 0.3) is 11.8 Å². The molecule has 2 aromatic carbocycles. The van der Waals surface area contributed by atoms with E-state index in [9.17, 15) is 9.59 Å². The Balaban J connectivity index is 1.93. The molecule has 0 aromatic heterocycles. The Hall–Kier alpha value is -1.88. The van der Waals surface area contributed by atoms with Crippen molar-refractivity contribution in [3.8, 4) is 0 Å². The fourth-order valence-electron chi connectivity index (χ4n) is 2.35. The highest BCUT2D eigenvalue weighted by atomic mass is 35.5. The van der Waals surface area contributed by atoms with E-state index in [1.54, 1.807) is 12.1 Å². The third-order valence-corrected chi connectivity index (χ3v) is 4.75. The number of rotatable bonds is 3. The molecule has 1 saturated heterocycles. The van der Waals surface area contributed by atoms with Crippen LogP contribution in [0.2, 0.25) is 10.0 Å². The fraction of sp³-hybridized carbons (Fsp3) is 0.118. The van der Waals surface area contributed by atoms with Crippen molar-refractivity contribution in [1.82, 2.24) is 0 Å². The Morgan fingerprint density at radius 1 is 1.00 bits per heavy atom. The number of hydrogen-bond acceptors (Lipinski definition) is 3. The lowest BCUT2D eigenvalue weighted by Gasteiger charge is -2.15. The average Bonchev–Trinajstić information content (AvgIpc) is 2.79. The van der Waals surface area contributed by atoms with Crippen molar-refractivity contribution in [1.29, 1.82) is 0 Å². The first-order valence-corrected chi connectivity index (χ1v) is 8.24. The molecular weight excluding hydrogens is 371 g/mol. The van der Waals surface area contributed by atoms with Gasteiger partial charge in [-0.3, -0.25) is 14.6 Å². The summed E-state index contributed by atoms with van der Waals surface area (Å²) >= 11 is 18.2. The van der Waals surface area contributed by atoms with Crippen LogP contribution < -0.4 is 4.90 Å². The van der Waals surface area contributed by atoms with Crippen LogP contribution in [-0.4, -0.2) is 22.9 Å². The fourth-order valence-corrected chi connectivity index (χ4v) is 2.99. The first-order valence-electron chi connectivity index (χ1n) is 7.05. The zero-order valence-corrected chi connectivity index (χ0v) is 14.5. The van der Waals surface area contributed by atoms with Crippen molar-refractivity contribution >= 4 is 58.0 Å². The van der Waals surface area contributed by atoms with Crippen molar-refractivity contribution in [3.63, 3.8) is 0 Å². The third-order valence-electron chi connectivity index (χ3n) is 3.55. The molecule has 0 spiro atoms. The summed E-state index contributed by atoms with van der Waals surface area (Å²) in [6.07, 6.45) is 0. The molecular formula is C17H11Cl3N2O2. The van der Waals surface area contributed by atoms with Gasteiger partial charge in [-0.25, -0.2) is 4.90 Å². The summed E-state index contributed by atoms with van der Waals surface area (Å²) in [6.45, 7) is 0.259. The minimum atomic E-state index is -1.14. The van der Waals surface area contributed by atoms with Crippen molar-refractivity contribution in [2.45, 2.75) is 11.9 Å². The third kappa shape index (κ3) is 3.05. The summed E-state index contributed by atoms with van der Waals surface area (Å²) in [5.41, 5.74) is 1.12. The largest absolute Gasteiger partial charge is 0.281 e. The van der Waals surface area contributed by atoms with E-state index < -0.39 is 17.2 Å². The number of anilines is 1. The van der Waals surface area contributed by atoms with Crippen molar-refractivity contribution in [2.24, 2.45) is 4.99 Å². The minimum Gasteiger partial charge on any atom is -0.277 e. The molecule has 0 bridgehead atoms. The van der Waals surface area contributed by atoms with E-state index in [2.05, 4.69) is 4.99 Å². The SMILES string of the molecule is O=C1C(=NCc2ccccc2)C(Cl)C(=O)N1c1cccc(Cl)c1Cl. The molecule has 2 amide bonds. The quantitative estimate of drug-likeness (QED) is 0.593. The zero-order chi connectivity index (χ0) is 17.3. The molecule has 0 N–H and O–H groups in total. The Morgan fingerprint density at radius 2 is 1.71 bits per heavy atom. The maximum atomic E-state index is 12.6. The number of amides is 2. The zero-order valence-electron chi connectivity index (χ0n) is 12.2. The number of benzene rings is 2. The Bertz CT molecular complexity index is 837. The van der Waals surface area contributed by atoms with Gasteiger partial charge in [-0.15, -0.1) is 11.6 Å². The van der Waals surface area contributed by atoms with Crippen LogP contribution in [0.1, 0.15) is 5.56 Å². The van der Waals surface area contributed by atoms with Gasteiger partial charge in [0.2, 0.25) is 0 Å². The summed E-state index contributed by atoms with van der Waals surface area (Å²) in [5, 5.41) is -0.777. The lowest BCUT2D eigenvalue weighted by molar-refractivity contribution is -0.120. The minimum absolute atomic E-state index is 0.00145. The van der Waals surface area contributed by atoms with Crippen LogP contribution in [0, 0.1) is 0 Å². The number of carbonyl (C=O) groups excluding carboxylic acids is 2. The second-order valence-corrected chi connectivity index (χ2v) is 6.32. The number of carbonyl (C=O) groups is 2. The Kier molecular flexibility index (Phi) is 4.90. The van der Waals surface area contributed by atoms with E-state index >= 15 is 0 Å². The van der Waals surface area contributed by atoms with Crippen molar-refractivity contribution in [2.75, 3.05) is 4.90 Å². The van der Waals surface area contributed by atoms with Gasteiger partial charge in [-0.05, 0) is 17.7 Å². The van der Waals surface area contributed by atoms with Gasteiger partial charge < -0.3 is 0 Å². The maximum absolute atomic E-state index is 12.6. The monoisotopic (exact) mass is 380 g/mol. The smallest absolute Gasteiger partial charge is 0.277 e. The maximum Gasteiger partial charge on any atom is 0.281 e. The molecule has 0 saturated carbocycles. The van der Waals surface area contributed by atoms with E-state index in [1.807, 2.05) is 30.3 Å². The van der Waals surface area contributed by atoms with E-state index in [1.165, 1.54) is 6.07 Å². The van der Waals surface area contributed by atoms with Gasteiger partial charge in [0.15, 0.2) is 5.38 Å². The number of imide groups is 1. The van der Waals surface area contributed by atoms with Crippen LogP contribution in [0.15, 0.2) is 53.5 Å². The Labute approximate surface area is 153 Å². The van der Waals surface area contributed by atoms with Crippen LogP contribution in [0.5, 0.6) is 0 Å². The number of alkyl halides is 1. The van der Waals surface area contributed by atoms with E-state index in [-0.39, 0.29) is 28.0 Å². The van der Waals surface area contributed by atoms with Gasteiger partial charge >= 0.3 is 0 Å². The number of nitrogens with zero attached hydrogens (tertiary/aromatic N) is 2. The van der Waals surface area contributed by atoms with Crippen LogP contribution in [0.3, 0.4) is 0 Å². The van der Waals surface area contributed by atoms with Gasteiger partial charge in [0.1, 0.15) is 5.71 Å². The molecule has 122 valence electrons. The van der Waals surface area contributed by atoms with E-state index in [4.69, 9.17) is 34.8 Å². The Morgan fingerprint density at radius 3 is 2.42 bits per heavy atom. The number of halogens is 3. The van der Waals surface area contributed by atoms with Crippen LogP contribution in [0.4, 0.5) is 5.69 Å². The molecule has 1 aliphatic rings. The summed E-state index contributed by atoms with van der Waals surface area (Å²) in [7, 11) is 0. The molecule has 1 heterocycles. The molecule has 3 rings (SSSR count). The predicted molar refractivity (Wildman–Crippen MR) is 96.2 cm³/mol. The molecule has 2 aromatic rings. The molecule has 24 heavy (non-hydrogen) atoms. The molecule has 1 atom stereocenters. The van der Waals surface area contributed by atoms with Crippen molar-refractivity contribution < 1.29 is 9.59 Å². The van der Waals surface area contributed by atoms with Gasteiger partial charge in [0.05, 0.1) is 22.3 Å². The van der Waals surface area contributed by atoms with Crippen molar-refractivity contribution in [3.05, 3.63) is 64.1 Å². The molecule has 1 fully saturated rings. The van der Waals surface area contributed by atoms with Crippen LogP contribution in [-0.2, 0) is 16.1 Å². The normalized spacial score (nSPS) is 19.4. The summed E-state index contributed by atoms with van der Waals surface area (Å²) in [6, 6.07) is 14.1. The molecule has 1 aliphatic heterocycles. The number of hydrogen-bond donors (Lipinski definition) is 0. The first-order chi connectivity index (χ1) is 11.5. The highest BCUT2D eigenvalue weighted by molar-refractivity contribution is 6.68. The van der Waals surface area contributed by atoms with Gasteiger partial charge in [-0.1, -0.05) is 59.6 Å². The summed E-state index contributed by atoms with van der Waals surface area (Å²) in [5.74, 6) is -1.17. The first kappa shape index (κ1) is 17.0. The van der Waals surface area contributed by atoms with E-state index in [0.29, 0.717) is 0 Å². The second-order valence-electron chi connectivity index (χ2n) is 5.10. The van der Waals surface area contributed by atoms with E-state index in [0.717, 1.165) is 10.5 Å².